The predicted molar refractivity (Wildman–Crippen MR) is 69.1 cm³/mol. The van der Waals surface area contributed by atoms with Crippen LogP contribution in [0.25, 0.3) is 0 Å². The summed E-state index contributed by atoms with van der Waals surface area (Å²) in [4.78, 5) is 11.9. The number of nitrogens with two attached hydrogens (primary N) is 1. The minimum atomic E-state index is -0.298. The fourth-order valence-corrected chi connectivity index (χ4v) is 1.86. The molecule has 3 nitrogen and oxygen atoms in total. The van der Waals surface area contributed by atoms with Crippen molar-refractivity contribution in [3.63, 3.8) is 0 Å². The summed E-state index contributed by atoms with van der Waals surface area (Å²) >= 11 is 0. The first-order chi connectivity index (χ1) is 7.34. The zero-order chi connectivity index (χ0) is 12.8. The third-order valence-electron chi connectivity index (χ3n) is 2.59. The maximum absolute atomic E-state index is 11.9. The van der Waals surface area contributed by atoms with Gasteiger partial charge < -0.3 is 11.1 Å². The van der Waals surface area contributed by atoms with Gasteiger partial charge in [0.05, 0.1) is 0 Å². The number of carbonyl (C=O) groups is 1. The van der Waals surface area contributed by atoms with E-state index in [0.29, 0.717) is 12.5 Å². The summed E-state index contributed by atoms with van der Waals surface area (Å²) in [5.74, 6) is 0.514. The molecule has 0 aromatic rings. The van der Waals surface area contributed by atoms with Gasteiger partial charge in [0, 0.05) is 17.7 Å². The average Bonchev–Trinajstić information content (AvgIpc) is 2.16. The number of carbonyl (C=O) groups excluding carboxylic acids is 1. The van der Waals surface area contributed by atoms with Crippen LogP contribution in [0, 0.1) is 5.92 Å². The lowest BCUT2D eigenvalue weighted by atomic mass is 9.90. The molecular formula is C13H26N2O. The largest absolute Gasteiger partial charge is 0.346 e. The molecule has 0 aromatic heterocycles. The first-order valence-corrected chi connectivity index (χ1v) is 6.04. The normalized spacial score (nSPS) is 16.1. The molecule has 0 aliphatic carbocycles. The van der Waals surface area contributed by atoms with E-state index in [0.717, 1.165) is 18.4 Å². The standard InChI is InChI=1S/C13H26N2O/c1-6-7-11(4)12(16)15-13(5,9-14)8-10(2)3/h7,10H,6,8-9,14H2,1-5H3,(H,15,16)/b11-7-. The number of nitrogens with one attached hydrogen (secondary N) is 1. The molecule has 3 N–H and O–H groups in total. The lowest BCUT2D eigenvalue weighted by Crippen LogP contribution is -2.52. The Hall–Kier alpha value is -0.830. The van der Waals surface area contributed by atoms with Gasteiger partial charge in [-0.3, -0.25) is 4.79 Å². The van der Waals surface area contributed by atoms with E-state index in [1.165, 1.54) is 0 Å². The van der Waals surface area contributed by atoms with Crippen molar-refractivity contribution >= 4 is 5.91 Å². The van der Waals surface area contributed by atoms with Crippen molar-refractivity contribution in [3.8, 4) is 0 Å². The van der Waals surface area contributed by atoms with Crippen LogP contribution in [0.4, 0.5) is 0 Å². The van der Waals surface area contributed by atoms with Crippen molar-refractivity contribution in [2.75, 3.05) is 6.54 Å². The second-order valence-corrected chi connectivity index (χ2v) is 5.11. The molecule has 0 spiro atoms. The number of hydrogen-bond donors (Lipinski definition) is 2. The van der Waals surface area contributed by atoms with Crippen molar-refractivity contribution in [1.82, 2.24) is 5.32 Å². The zero-order valence-corrected chi connectivity index (χ0v) is 11.3. The van der Waals surface area contributed by atoms with Gasteiger partial charge in [0.1, 0.15) is 0 Å². The van der Waals surface area contributed by atoms with Gasteiger partial charge in [-0.25, -0.2) is 0 Å². The van der Waals surface area contributed by atoms with E-state index < -0.39 is 0 Å². The van der Waals surface area contributed by atoms with Crippen LogP contribution in [-0.4, -0.2) is 18.0 Å². The minimum Gasteiger partial charge on any atom is -0.346 e. The third-order valence-corrected chi connectivity index (χ3v) is 2.59. The van der Waals surface area contributed by atoms with Gasteiger partial charge >= 0.3 is 0 Å². The Kier molecular flexibility index (Phi) is 6.34. The van der Waals surface area contributed by atoms with Crippen LogP contribution in [0.1, 0.15) is 47.5 Å². The Morgan fingerprint density at radius 2 is 2.06 bits per heavy atom. The van der Waals surface area contributed by atoms with E-state index in [1.54, 1.807) is 0 Å². The van der Waals surface area contributed by atoms with Crippen LogP contribution >= 0.6 is 0 Å². The van der Waals surface area contributed by atoms with Crippen LogP contribution in [0.3, 0.4) is 0 Å². The molecule has 0 bridgehead atoms. The smallest absolute Gasteiger partial charge is 0.247 e. The average molecular weight is 226 g/mol. The van der Waals surface area contributed by atoms with Crippen molar-refractivity contribution in [3.05, 3.63) is 11.6 Å². The molecule has 0 aliphatic rings. The molecule has 0 aromatic carbocycles. The van der Waals surface area contributed by atoms with Crippen molar-refractivity contribution in [1.29, 1.82) is 0 Å². The Bertz CT molecular complexity index is 259. The van der Waals surface area contributed by atoms with E-state index in [-0.39, 0.29) is 11.4 Å². The molecule has 0 saturated carbocycles. The van der Waals surface area contributed by atoms with Gasteiger partial charge in [0.2, 0.25) is 5.91 Å². The molecule has 16 heavy (non-hydrogen) atoms. The fraction of sp³-hybridized carbons (Fsp3) is 0.769. The van der Waals surface area contributed by atoms with Crippen LogP contribution in [-0.2, 0) is 4.79 Å². The van der Waals surface area contributed by atoms with E-state index in [9.17, 15) is 4.79 Å². The molecule has 94 valence electrons. The summed E-state index contributed by atoms with van der Waals surface area (Å²) in [6.07, 6.45) is 3.71. The van der Waals surface area contributed by atoms with Gasteiger partial charge in [0.15, 0.2) is 0 Å². The highest BCUT2D eigenvalue weighted by molar-refractivity contribution is 5.93. The number of allylic oxidation sites excluding steroid dienone is 1. The lowest BCUT2D eigenvalue weighted by Gasteiger charge is -2.31. The Morgan fingerprint density at radius 3 is 2.44 bits per heavy atom. The molecule has 0 radical (unpaired) electrons. The van der Waals surface area contributed by atoms with Gasteiger partial charge in [0.25, 0.3) is 0 Å². The van der Waals surface area contributed by atoms with Crippen LogP contribution in [0.2, 0.25) is 0 Å². The van der Waals surface area contributed by atoms with Gasteiger partial charge in [-0.15, -0.1) is 0 Å². The molecule has 0 rings (SSSR count). The highest BCUT2D eigenvalue weighted by Crippen LogP contribution is 2.15. The molecule has 1 amide bonds. The highest BCUT2D eigenvalue weighted by Gasteiger charge is 2.25. The van der Waals surface area contributed by atoms with E-state index in [1.807, 2.05) is 26.8 Å². The van der Waals surface area contributed by atoms with Crippen molar-refractivity contribution in [2.24, 2.45) is 11.7 Å². The first kappa shape index (κ1) is 15.2. The molecule has 0 fully saturated rings. The number of hydrogen-bond acceptors (Lipinski definition) is 2. The minimum absolute atomic E-state index is 0.00421. The summed E-state index contributed by atoms with van der Waals surface area (Å²) < 4.78 is 0. The SMILES string of the molecule is CC/C=C(/C)C(=O)NC(C)(CN)CC(C)C. The summed E-state index contributed by atoms with van der Waals surface area (Å²) in [7, 11) is 0. The molecular weight excluding hydrogens is 200 g/mol. The molecule has 1 atom stereocenters. The summed E-state index contributed by atoms with van der Waals surface area (Å²) in [6, 6.07) is 0. The lowest BCUT2D eigenvalue weighted by molar-refractivity contribution is -0.119. The maximum atomic E-state index is 11.9. The Labute approximate surface area is 99.5 Å². The topological polar surface area (TPSA) is 55.1 Å². The summed E-state index contributed by atoms with van der Waals surface area (Å²) in [5, 5.41) is 3.03. The molecule has 0 heterocycles. The second-order valence-electron chi connectivity index (χ2n) is 5.11. The third kappa shape index (κ3) is 5.31. The molecule has 3 heteroatoms. The fourth-order valence-electron chi connectivity index (χ4n) is 1.86. The van der Waals surface area contributed by atoms with Gasteiger partial charge in [-0.05, 0) is 32.6 Å². The molecule has 0 aliphatic heterocycles. The van der Waals surface area contributed by atoms with Crippen LogP contribution in [0.5, 0.6) is 0 Å². The highest BCUT2D eigenvalue weighted by atomic mass is 16.1. The number of rotatable bonds is 6. The van der Waals surface area contributed by atoms with E-state index in [4.69, 9.17) is 5.73 Å². The van der Waals surface area contributed by atoms with Crippen molar-refractivity contribution < 1.29 is 4.79 Å². The maximum Gasteiger partial charge on any atom is 0.247 e. The van der Waals surface area contributed by atoms with Gasteiger partial charge in [-0.1, -0.05) is 26.8 Å². The summed E-state index contributed by atoms with van der Waals surface area (Å²) in [6.45, 7) is 10.6. The van der Waals surface area contributed by atoms with Crippen molar-refractivity contribution in [2.45, 2.75) is 53.0 Å². The Balaban J connectivity index is 4.53. The number of amides is 1. The first-order valence-electron chi connectivity index (χ1n) is 6.04. The monoisotopic (exact) mass is 226 g/mol. The second kappa shape index (κ2) is 6.69. The predicted octanol–water partition coefficient (Wildman–Crippen LogP) is 2.22. The zero-order valence-electron chi connectivity index (χ0n) is 11.3. The van der Waals surface area contributed by atoms with E-state index in [2.05, 4.69) is 19.2 Å². The molecule has 1 unspecified atom stereocenters. The van der Waals surface area contributed by atoms with Crippen LogP contribution in [0.15, 0.2) is 11.6 Å². The van der Waals surface area contributed by atoms with E-state index >= 15 is 0 Å². The van der Waals surface area contributed by atoms with Gasteiger partial charge in [-0.2, -0.15) is 0 Å². The molecule has 0 saturated heterocycles. The quantitative estimate of drug-likeness (QED) is 0.682. The van der Waals surface area contributed by atoms with Crippen LogP contribution < -0.4 is 11.1 Å². The Morgan fingerprint density at radius 1 is 1.50 bits per heavy atom. The summed E-state index contributed by atoms with van der Waals surface area (Å²) in [5.41, 5.74) is 6.22.